The minimum atomic E-state index is -3.01. The van der Waals surface area contributed by atoms with Gasteiger partial charge in [0, 0.05) is 0 Å². The molecule has 0 saturated carbocycles. The van der Waals surface area contributed by atoms with Crippen LogP contribution in [-0.2, 0) is 12.7 Å². The van der Waals surface area contributed by atoms with Gasteiger partial charge in [0.2, 0.25) is 0 Å². The van der Waals surface area contributed by atoms with Crippen molar-refractivity contribution in [3.63, 3.8) is 0 Å². The van der Waals surface area contributed by atoms with Gasteiger partial charge in [0.15, 0.2) is 0 Å². The first-order chi connectivity index (χ1) is 14.0. The summed E-state index contributed by atoms with van der Waals surface area (Å²) in [6.45, 7) is 6.54. The van der Waals surface area contributed by atoms with E-state index in [-0.39, 0.29) is 11.9 Å². The molecule has 1 rings (SSSR count). The number of carbonyl (C=O) groups is 2. The third-order valence-corrected chi connectivity index (χ3v) is 17.7. The Morgan fingerprint density at radius 3 is 2.00 bits per heavy atom. The fourth-order valence-corrected chi connectivity index (χ4v) is 16.3. The molecule has 0 aliphatic rings. The first-order valence-corrected chi connectivity index (χ1v) is 18.1. The van der Waals surface area contributed by atoms with Crippen molar-refractivity contribution in [2.75, 3.05) is 12.4 Å². The fraction of sp³-hybridized carbons (Fsp3) is 0.565. The van der Waals surface area contributed by atoms with E-state index in [0.717, 1.165) is 51.8 Å². The number of amides is 1. The SMILES string of the molecule is CCC[CH2][Sn]([CH2]CCC)([CH2]CCC)[O]C(=O)/C=C/C(=O)Nc1ccccc1OC. The molecule has 1 aromatic rings. The molecule has 0 radical (unpaired) electrons. The van der Waals surface area contributed by atoms with Crippen LogP contribution in [0, 0.1) is 0 Å². The van der Waals surface area contributed by atoms with Gasteiger partial charge in [-0.2, -0.15) is 0 Å². The number of carbonyl (C=O) groups excluding carboxylic acids is 2. The van der Waals surface area contributed by atoms with Crippen LogP contribution >= 0.6 is 0 Å². The summed E-state index contributed by atoms with van der Waals surface area (Å²) in [5.74, 6) is -0.159. The molecule has 1 amide bonds. The molecule has 0 aromatic heterocycles. The van der Waals surface area contributed by atoms with E-state index in [2.05, 4.69) is 26.1 Å². The van der Waals surface area contributed by atoms with E-state index in [0.29, 0.717) is 11.4 Å². The van der Waals surface area contributed by atoms with Crippen molar-refractivity contribution in [1.29, 1.82) is 0 Å². The van der Waals surface area contributed by atoms with Crippen molar-refractivity contribution in [2.24, 2.45) is 0 Å². The predicted molar refractivity (Wildman–Crippen MR) is 122 cm³/mol. The number of rotatable bonds is 14. The zero-order chi connectivity index (χ0) is 21.5. The molecule has 0 unspecified atom stereocenters. The minimum absolute atomic E-state index is 0.362. The van der Waals surface area contributed by atoms with Crippen LogP contribution in [0.5, 0.6) is 5.75 Å². The Hall–Kier alpha value is -1.50. The first kappa shape index (κ1) is 25.5. The maximum atomic E-state index is 12.6. The van der Waals surface area contributed by atoms with Crippen molar-refractivity contribution >= 4 is 36.4 Å². The summed E-state index contributed by atoms with van der Waals surface area (Å²) in [4.78, 5) is 24.8. The molecule has 29 heavy (non-hydrogen) atoms. The molecular formula is C23H37NO4Sn. The molecule has 0 spiro atoms. The zero-order valence-electron chi connectivity index (χ0n) is 18.5. The molecule has 0 aliphatic heterocycles. The molecule has 0 fully saturated rings. The van der Waals surface area contributed by atoms with Gasteiger partial charge in [-0.25, -0.2) is 0 Å². The van der Waals surface area contributed by atoms with Crippen molar-refractivity contribution in [3.05, 3.63) is 36.4 Å². The van der Waals surface area contributed by atoms with Gasteiger partial charge in [-0.1, -0.05) is 0 Å². The Bertz CT molecular complexity index is 638. The zero-order valence-corrected chi connectivity index (χ0v) is 21.3. The molecule has 0 atom stereocenters. The summed E-state index contributed by atoms with van der Waals surface area (Å²) in [6, 6.07) is 7.17. The molecular weight excluding hydrogens is 473 g/mol. The topological polar surface area (TPSA) is 64.6 Å². The summed E-state index contributed by atoms with van der Waals surface area (Å²) in [6.07, 6.45) is 9.24. The average Bonchev–Trinajstić information content (AvgIpc) is 2.73. The molecule has 5 nitrogen and oxygen atoms in total. The Labute approximate surface area is 180 Å². The summed E-state index contributed by atoms with van der Waals surface area (Å²) in [5.41, 5.74) is 0.570. The van der Waals surface area contributed by atoms with E-state index in [1.807, 2.05) is 12.1 Å². The molecule has 1 N–H and O–H groups in total. The Morgan fingerprint density at radius 2 is 1.48 bits per heavy atom. The summed E-state index contributed by atoms with van der Waals surface area (Å²) >= 11 is -3.01. The van der Waals surface area contributed by atoms with Gasteiger partial charge < -0.3 is 0 Å². The van der Waals surface area contributed by atoms with Crippen molar-refractivity contribution in [3.8, 4) is 5.75 Å². The predicted octanol–water partition coefficient (Wildman–Crippen LogP) is 6.08. The number of unbranched alkanes of at least 4 members (excludes halogenated alkanes) is 3. The van der Waals surface area contributed by atoms with E-state index in [4.69, 9.17) is 7.81 Å². The number of hydrogen-bond donors (Lipinski definition) is 1. The molecule has 0 bridgehead atoms. The number of ether oxygens (including phenoxy) is 1. The Morgan fingerprint density at radius 1 is 0.931 bits per heavy atom. The molecule has 1 aromatic carbocycles. The number of anilines is 1. The van der Waals surface area contributed by atoms with Gasteiger partial charge in [0.05, 0.1) is 0 Å². The first-order valence-electron chi connectivity index (χ1n) is 10.8. The van der Waals surface area contributed by atoms with Crippen LogP contribution < -0.4 is 10.1 Å². The van der Waals surface area contributed by atoms with Crippen LogP contribution in [0.15, 0.2) is 36.4 Å². The number of hydrogen-bond acceptors (Lipinski definition) is 4. The third kappa shape index (κ3) is 9.70. The number of nitrogens with one attached hydrogen (secondary N) is 1. The summed E-state index contributed by atoms with van der Waals surface area (Å²) < 4.78 is 14.6. The van der Waals surface area contributed by atoms with Crippen LogP contribution in [0.4, 0.5) is 5.69 Å². The van der Waals surface area contributed by atoms with Crippen molar-refractivity contribution in [2.45, 2.75) is 72.6 Å². The molecule has 6 heteroatoms. The second-order valence-electron chi connectivity index (χ2n) is 7.44. The monoisotopic (exact) mass is 511 g/mol. The second-order valence-corrected chi connectivity index (χ2v) is 19.1. The van der Waals surface area contributed by atoms with Crippen molar-refractivity contribution < 1.29 is 17.4 Å². The average molecular weight is 510 g/mol. The van der Waals surface area contributed by atoms with Crippen LogP contribution in [0.1, 0.15) is 59.3 Å². The Kier molecular flexibility index (Phi) is 12.7. The van der Waals surface area contributed by atoms with E-state index < -0.39 is 18.8 Å². The number of methoxy groups -OCH3 is 1. The summed E-state index contributed by atoms with van der Waals surface area (Å²) in [7, 11) is 1.55. The molecule has 0 heterocycles. The normalized spacial score (nSPS) is 11.4. The van der Waals surface area contributed by atoms with E-state index >= 15 is 0 Å². The van der Waals surface area contributed by atoms with E-state index in [1.54, 1.807) is 19.2 Å². The molecule has 0 saturated heterocycles. The summed E-state index contributed by atoms with van der Waals surface area (Å²) in [5, 5.41) is 2.74. The number of benzene rings is 1. The Balaban J connectivity index is 2.79. The standard InChI is InChI=1S/C11H11NO4.3C4H9.Sn/c1-16-9-5-3-2-4-8(9)12-10(13)6-7-11(14)15;3*1-3-4-2;/h2-7H,1H3,(H,12,13)(H,14,15);3*1,3-4H2,2H3;/q;;;;+1/p-1/b7-6+;;;;. The molecule has 0 aliphatic carbocycles. The van der Waals surface area contributed by atoms with E-state index in [9.17, 15) is 9.59 Å². The van der Waals surface area contributed by atoms with Gasteiger partial charge in [0.25, 0.3) is 0 Å². The van der Waals surface area contributed by atoms with Gasteiger partial charge in [-0.3, -0.25) is 0 Å². The van der Waals surface area contributed by atoms with Gasteiger partial charge >= 0.3 is 181 Å². The van der Waals surface area contributed by atoms with Crippen LogP contribution in [0.2, 0.25) is 13.3 Å². The van der Waals surface area contributed by atoms with Gasteiger partial charge in [-0.05, 0) is 0 Å². The maximum absolute atomic E-state index is 12.6. The quantitative estimate of drug-likeness (QED) is 0.244. The van der Waals surface area contributed by atoms with Gasteiger partial charge in [-0.15, -0.1) is 0 Å². The molecule has 162 valence electrons. The van der Waals surface area contributed by atoms with Crippen LogP contribution in [0.3, 0.4) is 0 Å². The second kappa shape index (κ2) is 14.5. The third-order valence-electron chi connectivity index (χ3n) is 5.01. The van der Waals surface area contributed by atoms with Gasteiger partial charge in [0.1, 0.15) is 0 Å². The number of para-hydroxylation sites is 2. The fourth-order valence-electron chi connectivity index (χ4n) is 3.34. The van der Waals surface area contributed by atoms with E-state index in [1.165, 1.54) is 12.2 Å². The van der Waals surface area contributed by atoms with Crippen molar-refractivity contribution in [1.82, 2.24) is 0 Å². The van der Waals surface area contributed by atoms with Crippen LogP contribution in [0.25, 0.3) is 0 Å². The van der Waals surface area contributed by atoms with Crippen LogP contribution in [-0.4, -0.2) is 37.8 Å².